The zero-order valence-corrected chi connectivity index (χ0v) is 14.7. The van der Waals surface area contributed by atoms with Gasteiger partial charge >= 0.3 is 5.97 Å². The Bertz CT molecular complexity index is 734. The molecule has 0 unspecified atom stereocenters. The van der Waals surface area contributed by atoms with Gasteiger partial charge in [-0.05, 0) is 38.1 Å². The fourth-order valence-corrected chi connectivity index (χ4v) is 2.08. The molecule has 0 saturated carbocycles. The van der Waals surface area contributed by atoms with Gasteiger partial charge in [-0.1, -0.05) is 29.3 Å². The highest BCUT2D eigenvalue weighted by Crippen LogP contribution is 2.18. The van der Waals surface area contributed by atoms with Crippen molar-refractivity contribution in [1.82, 2.24) is 4.98 Å². The molecule has 0 bridgehead atoms. The Kier molecular flexibility index (Phi) is 6.77. The Balaban J connectivity index is 1.74. The summed E-state index contributed by atoms with van der Waals surface area (Å²) in [5, 5.41) is 2.73. The van der Waals surface area contributed by atoms with Gasteiger partial charge in [-0.3, -0.25) is 9.59 Å². The first kappa shape index (κ1) is 18.7. The van der Waals surface area contributed by atoms with Gasteiger partial charge in [0.15, 0.2) is 11.3 Å². The molecular weight excluding hydrogens is 344 g/mol. The van der Waals surface area contributed by atoms with E-state index in [2.05, 4.69) is 10.3 Å². The van der Waals surface area contributed by atoms with Crippen molar-refractivity contribution in [2.45, 2.75) is 26.4 Å². The highest BCUT2D eigenvalue weighted by atomic mass is 35.5. The van der Waals surface area contributed by atoms with Crippen LogP contribution in [0.1, 0.15) is 18.9 Å². The Labute approximate surface area is 151 Å². The average molecular weight is 363 g/mol. The summed E-state index contributed by atoms with van der Waals surface area (Å²) >= 11 is 5.87. The molecule has 6 nitrogen and oxygen atoms in total. The number of carbonyl (C=O) groups is 2. The molecule has 1 N–H and O–H groups in total. The minimum absolute atomic E-state index is 0.0408. The zero-order valence-electron chi connectivity index (χ0n) is 14.0. The lowest BCUT2D eigenvalue weighted by Crippen LogP contribution is -2.30. The third-order valence-corrected chi connectivity index (χ3v) is 3.59. The number of amides is 1. The van der Waals surface area contributed by atoms with Crippen LogP contribution in [0, 0.1) is 6.92 Å². The molecule has 1 aromatic carbocycles. The molecule has 1 aromatic heterocycles. The highest BCUT2D eigenvalue weighted by Gasteiger charge is 2.18. The number of hydrogen-bond acceptors (Lipinski definition) is 5. The molecular formula is C18H19ClN2O4. The van der Waals surface area contributed by atoms with Crippen LogP contribution in [0.2, 0.25) is 5.15 Å². The summed E-state index contributed by atoms with van der Waals surface area (Å²) in [5.74, 6) is -0.329. The van der Waals surface area contributed by atoms with E-state index in [4.69, 9.17) is 21.1 Å². The smallest absolute Gasteiger partial charge is 0.310 e. The van der Waals surface area contributed by atoms with Gasteiger partial charge in [-0.25, -0.2) is 4.98 Å². The molecule has 25 heavy (non-hydrogen) atoms. The number of nitrogens with one attached hydrogen (secondary N) is 1. The van der Waals surface area contributed by atoms with E-state index in [1.165, 1.54) is 13.1 Å². The molecule has 0 aliphatic rings. The second-order valence-electron chi connectivity index (χ2n) is 5.37. The molecule has 1 amide bonds. The van der Waals surface area contributed by atoms with Gasteiger partial charge in [0.25, 0.3) is 5.91 Å². The first-order valence-electron chi connectivity index (χ1n) is 7.76. The number of anilines is 1. The molecule has 7 heteroatoms. The average Bonchev–Trinajstić information content (AvgIpc) is 2.58. The molecule has 0 saturated heterocycles. The van der Waals surface area contributed by atoms with Gasteiger partial charge in [0.1, 0.15) is 5.75 Å². The van der Waals surface area contributed by atoms with Crippen molar-refractivity contribution in [3.8, 4) is 5.75 Å². The van der Waals surface area contributed by atoms with Gasteiger partial charge in [0.05, 0.1) is 18.7 Å². The molecule has 0 aliphatic heterocycles. The molecule has 2 aromatic rings. The molecule has 2 rings (SSSR count). The maximum absolute atomic E-state index is 12.0. The van der Waals surface area contributed by atoms with Crippen LogP contribution in [0.5, 0.6) is 5.75 Å². The van der Waals surface area contributed by atoms with Gasteiger partial charge in [0, 0.05) is 6.20 Å². The molecule has 0 fully saturated rings. The second kappa shape index (κ2) is 9.03. The number of benzene rings is 1. The maximum Gasteiger partial charge on any atom is 0.310 e. The number of ether oxygens (including phenoxy) is 2. The van der Waals surface area contributed by atoms with E-state index in [1.807, 2.05) is 31.2 Å². The van der Waals surface area contributed by atoms with Gasteiger partial charge in [-0.2, -0.15) is 0 Å². The van der Waals surface area contributed by atoms with Crippen molar-refractivity contribution in [3.63, 3.8) is 0 Å². The first-order valence-corrected chi connectivity index (χ1v) is 8.14. The Morgan fingerprint density at radius 2 is 1.96 bits per heavy atom. The predicted octanol–water partition coefficient (Wildman–Crippen LogP) is 3.38. The van der Waals surface area contributed by atoms with Crippen LogP contribution >= 0.6 is 11.6 Å². The summed E-state index contributed by atoms with van der Waals surface area (Å²) in [6, 6.07) is 10.7. The van der Waals surface area contributed by atoms with Crippen LogP contribution in [0.15, 0.2) is 42.6 Å². The SMILES string of the molecule is Cc1ccc(OCCC(=O)O[C@H](C)C(=O)Nc2cccnc2Cl)cc1. The van der Waals surface area contributed by atoms with Gasteiger partial charge in [0.2, 0.25) is 0 Å². The molecule has 1 heterocycles. The first-order chi connectivity index (χ1) is 12.0. The minimum Gasteiger partial charge on any atom is -0.493 e. The van der Waals surface area contributed by atoms with E-state index in [-0.39, 0.29) is 18.2 Å². The monoisotopic (exact) mass is 362 g/mol. The summed E-state index contributed by atoms with van der Waals surface area (Å²) < 4.78 is 10.5. The Morgan fingerprint density at radius 1 is 1.24 bits per heavy atom. The zero-order chi connectivity index (χ0) is 18.2. The minimum atomic E-state index is -0.955. The van der Waals surface area contributed by atoms with Crippen LogP contribution in [0.3, 0.4) is 0 Å². The van der Waals surface area contributed by atoms with Crippen molar-refractivity contribution < 1.29 is 19.1 Å². The van der Waals surface area contributed by atoms with E-state index in [0.717, 1.165) is 5.56 Å². The fraction of sp³-hybridized carbons (Fsp3) is 0.278. The molecule has 1 atom stereocenters. The summed E-state index contributed by atoms with van der Waals surface area (Å²) in [4.78, 5) is 27.7. The third-order valence-electron chi connectivity index (χ3n) is 3.29. The number of carbonyl (C=O) groups excluding carboxylic acids is 2. The predicted molar refractivity (Wildman–Crippen MR) is 94.7 cm³/mol. The number of nitrogens with zero attached hydrogens (tertiary/aromatic N) is 1. The van der Waals surface area contributed by atoms with Crippen molar-refractivity contribution >= 4 is 29.2 Å². The van der Waals surface area contributed by atoms with Crippen molar-refractivity contribution in [2.75, 3.05) is 11.9 Å². The van der Waals surface area contributed by atoms with Crippen LogP contribution < -0.4 is 10.1 Å². The van der Waals surface area contributed by atoms with Crippen molar-refractivity contribution in [3.05, 3.63) is 53.3 Å². The second-order valence-corrected chi connectivity index (χ2v) is 5.73. The van der Waals surface area contributed by atoms with Gasteiger partial charge < -0.3 is 14.8 Å². The summed E-state index contributed by atoms with van der Waals surface area (Å²) in [5.41, 5.74) is 1.49. The number of pyridine rings is 1. The quantitative estimate of drug-likeness (QED) is 0.603. The number of esters is 1. The largest absolute Gasteiger partial charge is 0.493 e. The van der Waals surface area contributed by atoms with Crippen LogP contribution in [-0.4, -0.2) is 29.6 Å². The number of rotatable bonds is 7. The number of aryl methyl sites for hydroxylation is 1. The summed E-state index contributed by atoms with van der Waals surface area (Å²) in [6.07, 6.45) is 0.595. The number of hydrogen-bond donors (Lipinski definition) is 1. The molecule has 0 aliphatic carbocycles. The normalized spacial score (nSPS) is 11.5. The summed E-state index contributed by atoms with van der Waals surface area (Å²) in [6.45, 7) is 3.63. The van der Waals surface area contributed by atoms with E-state index >= 15 is 0 Å². The summed E-state index contributed by atoms with van der Waals surface area (Å²) in [7, 11) is 0. The maximum atomic E-state index is 12.0. The highest BCUT2D eigenvalue weighted by molar-refractivity contribution is 6.32. The lowest BCUT2D eigenvalue weighted by Gasteiger charge is -2.14. The van der Waals surface area contributed by atoms with E-state index < -0.39 is 18.0 Å². The number of aromatic nitrogens is 1. The van der Waals surface area contributed by atoms with Crippen molar-refractivity contribution in [2.24, 2.45) is 0 Å². The van der Waals surface area contributed by atoms with Crippen LogP contribution in [0.4, 0.5) is 5.69 Å². The van der Waals surface area contributed by atoms with Crippen molar-refractivity contribution in [1.29, 1.82) is 0 Å². The standard InChI is InChI=1S/C18H19ClN2O4/c1-12-5-7-14(8-6-12)24-11-9-16(22)25-13(2)18(23)21-15-4-3-10-20-17(15)19/h3-8,10,13H,9,11H2,1-2H3,(H,21,23)/t13-/m1/s1. The fourth-order valence-electron chi connectivity index (χ4n) is 1.91. The van der Waals surface area contributed by atoms with E-state index in [9.17, 15) is 9.59 Å². The van der Waals surface area contributed by atoms with Crippen LogP contribution in [0.25, 0.3) is 0 Å². The Morgan fingerprint density at radius 3 is 2.64 bits per heavy atom. The molecule has 0 radical (unpaired) electrons. The Hall–Kier alpha value is -2.60. The lowest BCUT2D eigenvalue weighted by atomic mass is 10.2. The third kappa shape index (κ3) is 6.08. The van der Waals surface area contributed by atoms with Crippen LogP contribution in [-0.2, 0) is 14.3 Å². The lowest BCUT2D eigenvalue weighted by molar-refractivity contribution is -0.153. The number of halogens is 1. The topological polar surface area (TPSA) is 77.5 Å². The van der Waals surface area contributed by atoms with Gasteiger partial charge in [-0.15, -0.1) is 0 Å². The molecule has 132 valence electrons. The van der Waals surface area contributed by atoms with E-state index in [0.29, 0.717) is 11.4 Å². The van der Waals surface area contributed by atoms with E-state index in [1.54, 1.807) is 12.1 Å². The molecule has 0 spiro atoms.